The highest BCUT2D eigenvalue weighted by Gasteiger charge is 2.09. The number of carboxylic acid groups (broad SMARTS) is 1. The van der Waals surface area contributed by atoms with Crippen LogP contribution in [-0.4, -0.2) is 20.7 Å². The Balaban J connectivity index is 2.62. The van der Waals surface area contributed by atoms with E-state index in [0.29, 0.717) is 11.2 Å². The number of hydrogen-bond acceptors (Lipinski definition) is 3. The van der Waals surface area contributed by atoms with E-state index in [1.165, 1.54) is 22.7 Å². The number of aromatic nitrogens is 2. The Morgan fingerprint density at radius 1 is 1.62 bits per heavy atom. The molecule has 2 aromatic rings. The Hall–Kier alpha value is -2.61. The summed E-state index contributed by atoms with van der Waals surface area (Å²) in [4.78, 5) is 10.9. The van der Waals surface area contributed by atoms with Gasteiger partial charge in [0.05, 0.1) is 22.8 Å². The standard InChI is InChI=1S/C11H7N3O2/c12-5-1-3-8-7-10-9(11(15)16)4-2-6-14(10)13-8/h1-4,6-7H,(H,15,16)/b3-1+. The normalized spacial score (nSPS) is 10.7. The fraction of sp³-hybridized carbons (Fsp3) is 0. The fourth-order valence-corrected chi connectivity index (χ4v) is 1.42. The maximum absolute atomic E-state index is 10.9. The molecule has 5 heteroatoms. The molecule has 0 saturated heterocycles. The molecule has 0 amide bonds. The SMILES string of the molecule is N#C/C=C/c1cc2c(C(=O)O)cccn2n1. The molecule has 2 aromatic heterocycles. The number of nitrogens with zero attached hydrogens (tertiary/aromatic N) is 3. The van der Waals surface area contributed by atoms with E-state index in [2.05, 4.69) is 5.10 Å². The zero-order chi connectivity index (χ0) is 11.5. The van der Waals surface area contributed by atoms with Gasteiger partial charge in [-0.3, -0.25) is 0 Å². The van der Waals surface area contributed by atoms with Crippen LogP contribution in [0.5, 0.6) is 0 Å². The third-order valence-electron chi connectivity index (χ3n) is 2.08. The molecule has 5 nitrogen and oxygen atoms in total. The van der Waals surface area contributed by atoms with Crippen LogP contribution in [-0.2, 0) is 0 Å². The Morgan fingerprint density at radius 2 is 2.44 bits per heavy atom. The van der Waals surface area contributed by atoms with Crippen molar-refractivity contribution in [2.24, 2.45) is 0 Å². The van der Waals surface area contributed by atoms with Crippen molar-refractivity contribution in [3.8, 4) is 6.07 Å². The van der Waals surface area contributed by atoms with Gasteiger partial charge in [-0.25, -0.2) is 9.31 Å². The van der Waals surface area contributed by atoms with Gasteiger partial charge in [0.25, 0.3) is 0 Å². The lowest BCUT2D eigenvalue weighted by atomic mass is 10.2. The van der Waals surface area contributed by atoms with Gasteiger partial charge in [-0.15, -0.1) is 0 Å². The highest BCUT2D eigenvalue weighted by Crippen LogP contribution is 2.13. The van der Waals surface area contributed by atoms with Gasteiger partial charge in [0.15, 0.2) is 0 Å². The van der Waals surface area contributed by atoms with Crippen molar-refractivity contribution in [2.45, 2.75) is 0 Å². The minimum Gasteiger partial charge on any atom is -0.478 e. The van der Waals surface area contributed by atoms with Crippen LogP contribution in [0.15, 0.2) is 30.5 Å². The smallest absolute Gasteiger partial charge is 0.337 e. The van der Waals surface area contributed by atoms with Crippen molar-refractivity contribution >= 4 is 17.6 Å². The lowest BCUT2D eigenvalue weighted by Gasteiger charge is -1.96. The minimum absolute atomic E-state index is 0.187. The summed E-state index contributed by atoms with van der Waals surface area (Å²) < 4.78 is 1.47. The van der Waals surface area contributed by atoms with Crippen LogP contribution < -0.4 is 0 Å². The van der Waals surface area contributed by atoms with E-state index in [4.69, 9.17) is 10.4 Å². The average molecular weight is 213 g/mol. The van der Waals surface area contributed by atoms with Crippen molar-refractivity contribution in [2.75, 3.05) is 0 Å². The summed E-state index contributed by atoms with van der Waals surface area (Å²) in [6.45, 7) is 0. The summed E-state index contributed by atoms with van der Waals surface area (Å²) in [5.41, 5.74) is 1.24. The molecule has 0 aliphatic carbocycles. The highest BCUT2D eigenvalue weighted by atomic mass is 16.4. The van der Waals surface area contributed by atoms with E-state index in [-0.39, 0.29) is 5.56 Å². The Labute approximate surface area is 90.9 Å². The number of carboxylic acids is 1. The lowest BCUT2D eigenvalue weighted by Crippen LogP contribution is -1.99. The number of fused-ring (bicyclic) bond motifs is 1. The van der Waals surface area contributed by atoms with Crippen LogP contribution in [0, 0.1) is 11.3 Å². The number of aromatic carboxylic acids is 1. The van der Waals surface area contributed by atoms with Crippen LogP contribution >= 0.6 is 0 Å². The molecule has 0 unspecified atom stereocenters. The molecule has 0 aliphatic heterocycles. The van der Waals surface area contributed by atoms with E-state index in [0.717, 1.165) is 0 Å². The number of pyridine rings is 1. The Kier molecular flexibility index (Phi) is 2.40. The van der Waals surface area contributed by atoms with Crippen molar-refractivity contribution in [1.29, 1.82) is 5.26 Å². The number of rotatable bonds is 2. The first kappa shape index (κ1) is 9.93. The summed E-state index contributed by atoms with van der Waals surface area (Å²) in [6, 6.07) is 6.60. The second-order valence-corrected chi connectivity index (χ2v) is 3.09. The van der Waals surface area contributed by atoms with Gasteiger partial charge in [-0.1, -0.05) is 0 Å². The molecule has 0 atom stereocenters. The second-order valence-electron chi connectivity index (χ2n) is 3.09. The quantitative estimate of drug-likeness (QED) is 0.768. The van der Waals surface area contributed by atoms with Crippen LogP contribution in [0.4, 0.5) is 0 Å². The van der Waals surface area contributed by atoms with Crippen LogP contribution in [0.25, 0.3) is 11.6 Å². The third kappa shape index (κ3) is 1.64. The molecule has 78 valence electrons. The van der Waals surface area contributed by atoms with E-state index in [1.54, 1.807) is 18.3 Å². The maximum atomic E-state index is 10.9. The van der Waals surface area contributed by atoms with Crippen LogP contribution in [0.1, 0.15) is 16.1 Å². The maximum Gasteiger partial charge on any atom is 0.337 e. The Morgan fingerprint density at radius 3 is 3.12 bits per heavy atom. The van der Waals surface area contributed by atoms with Gasteiger partial charge in [-0.05, 0) is 24.3 Å². The second kappa shape index (κ2) is 3.87. The van der Waals surface area contributed by atoms with Crippen molar-refractivity contribution in [1.82, 2.24) is 9.61 Å². The number of nitriles is 1. The van der Waals surface area contributed by atoms with Crippen molar-refractivity contribution in [3.05, 3.63) is 41.7 Å². The van der Waals surface area contributed by atoms with Gasteiger partial charge in [0.1, 0.15) is 0 Å². The zero-order valence-electron chi connectivity index (χ0n) is 8.16. The van der Waals surface area contributed by atoms with E-state index in [9.17, 15) is 4.79 Å². The van der Waals surface area contributed by atoms with Gasteiger partial charge in [0, 0.05) is 12.3 Å². The molecule has 2 heterocycles. The van der Waals surface area contributed by atoms with E-state index < -0.39 is 5.97 Å². The number of hydrogen-bond donors (Lipinski definition) is 1. The van der Waals surface area contributed by atoms with Gasteiger partial charge in [-0.2, -0.15) is 10.4 Å². The molecule has 0 aromatic carbocycles. The van der Waals surface area contributed by atoms with Gasteiger partial charge >= 0.3 is 5.97 Å². The highest BCUT2D eigenvalue weighted by molar-refractivity contribution is 5.95. The van der Waals surface area contributed by atoms with Crippen LogP contribution in [0.3, 0.4) is 0 Å². The summed E-state index contributed by atoms with van der Waals surface area (Å²) in [5, 5.41) is 21.4. The fourth-order valence-electron chi connectivity index (χ4n) is 1.42. The lowest BCUT2D eigenvalue weighted by molar-refractivity contribution is 0.0698. The predicted molar refractivity (Wildman–Crippen MR) is 56.8 cm³/mol. The predicted octanol–water partition coefficient (Wildman–Crippen LogP) is 1.57. The minimum atomic E-state index is -0.999. The summed E-state index contributed by atoms with van der Waals surface area (Å²) >= 11 is 0. The molecule has 0 aliphatic rings. The molecule has 16 heavy (non-hydrogen) atoms. The molecule has 0 radical (unpaired) electrons. The molecule has 1 N–H and O–H groups in total. The van der Waals surface area contributed by atoms with E-state index >= 15 is 0 Å². The summed E-state index contributed by atoms with van der Waals surface area (Å²) in [7, 11) is 0. The summed E-state index contributed by atoms with van der Waals surface area (Å²) in [5.74, 6) is -0.999. The molecule has 0 spiro atoms. The topological polar surface area (TPSA) is 78.4 Å². The van der Waals surface area contributed by atoms with Crippen molar-refractivity contribution in [3.63, 3.8) is 0 Å². The summed E-state index contributed by atoms with van der Waals surface area (Å²) in [6.07, 6.45) is 4.48. The number of carbonyl (C=O) groups is 1. The largest absolute Gasteiger partial charge is 0.478 e. The van der Waals surface area contributed by atoms with Gasteiger partial charge in [0.2, 0.25) is 0 Å². The first-order valence-corrected chi connectivity index (χ1v) is 4.50. The molecular formula is C11H7N3O2. The molecule has 2 rings (SSSR count). The van der Waals surface area contributed by atoms with E-state index in [1.807, 2.05) is 6.07 Å². The molecule has 0 fully saturated rings. The monoisotopic (exact) mass is 213 g/mol. The van der Waals surface area contributed by atoms with Crippen LogP contribution in [0.2, 0.25) is 0 Å². The van der Waals surface area contributed by atoms with Crippen molar-refractivity contribution < 1.29 is 9.90 Å². The first-order chi connectivity index (χ1) is 7.72. The van der Waals surface area contributed by atoms with Gasteiger partial charge < -0.3 is 5.11 Å². The average Bonchev–Trinajstić information content (AvgIpc) is 2.68. The molecule has 0 saturated carbocycles. The molecular weight excluding hydrogens is 206 g/mol. The zero-order valence-corrected chi connectivity index (χ0v) is 8.16. The molecule has 0 bridgehead atoms. The first-order valence-electron chi connectivity index (χ1n) is 4.50. The Bertz CT molecular complexity index is 620. The number of allylic oxidation sites excluding steroid dienone is 1. The third-order valence-corrected chi connectivity index (χ3v) is 2.08.